The van der Waals surface area contributed by atoms with Crippen LogP contribution in [-0.4, -0.2) is 40.1 Å². The molecular formula is C19H18N2O6S. The molecular weight excluding hydrogens is 384 g/mol. The molecule has 3 rings (SSSR count). The number of carbonyl (C=O) groups excluding carboxylic acids is 1. The molecule has 0 radical (unpaired) electrons. The SMILES string of the molecule is COC(=O)C1=C(C[S@@](=O)c2ccccc2[N+](=O)[O-])ON(C)[C@H]1c1ccccc1. The normalized spacial score (nSPS) is 17.9. The van der Waals surface area contributed by atoms with Crippen LogP contribution < -0.4 is 0 Å². The van der Waals surface area contributed by atoms with Crippen LogP contribution in [0.2, 0.25) is 0 Å². The van der Waals surface area contributed by atoms with E-state index in [1.54, 1.807) is 13.1 Å². The Bertz CT molecular complexity index is 960. The second kappa shape index (κ2) is 8.32. The minimum Gasteiger partial charge on any atom is -0.466 e. The highest BCUT2D eigenvalue weighted by Gasteiger charge is 2.39. The van der Waals surface area contributed by atoms with Crippen molar-refractivity contribution in [3.63, 3.8) is 0 Å². The van der Waals surface area contributed by atoms with Crippen LogP contribution >= 0.6 is 0 Å². The summed E-state index contributed by atoms with van der Waals surface area (Å²) >= 11 is 0. The van der Waals surface area contributed by atoms with Crippen LogP contribution in [0.3, 0.4) is 0 Å². The minimum atomic E-state index is -1.79. The molecule has 2 atom stereocenters. The molecule has 1 aliphatic rings. The molecule has 146 valence electrons. The van der Waals surface area contributed by atoms with Crippen molar-refractivity contribution in [3.05, 3.63) is 81.6 Å². The van der Waals surface area contributed by atoms with Gasteiger partial charge < -0.3 is 9.57 Å². The lowest BCUT2D eigenvalue weighted by Gasteiger charge is -2.19. The molecule has 1 aliphatic heterocycles. The van der Waals surface area contributed by atoms with Crippen LogP contribution in [0.25, 0.3) is 0 Å². The number of esters is 1. The number of carbonyl (C=O) groups is 1. The molecule has 8 nitrogen and oxygen atoms in total. The van der Waals surface area contributed by atoms with Crippen molar-refractivity contribution in [1.29, 1.82) is 0 Å². The fourth-order valence-corrected chi connectivity index (χ4v) is 4.27. The highest BCUT2D eigenvalue weighted by Crippen LogP contribution is 2.38. The topological polar surface area (TPSA) is 99.0 Å². The third kappa shape index (κ3) is 3.80. The maximum absolute atomic E-state index is 12.9. The third-order valence-corrected chi connectivity index (χ3v) is 5.64. The van der Waals surface area contributed by atoms with Crippen LogP contribution in [0.4, 0.5) is 5.69 Å². The molecule has 0 saturated heterocycles. The van der Waals surface area contributed by atoms with E-state index in [2.05, 4.69) is 0 Å². The van der Waals surface area contributed by atoms with Crippen LogP contribution in [0.15, 0.2) is 70.8 Å². The molecule has 0 spiro atoms. The summed E-state index contributed by atoms with van der Waals surface area (Å²) in [7, 11) is 1.12. The Labute approximate surface area is 163 Å². The van der Waals surface area contributed by atoms with E-state index >= 15 is 0 Å². The number of hydrogen-bond donors (Lipinski definition) is 0. The minimum absolute atomic E-state index is 0.0682. The fourth-order valence-electron chi connectivity index (χ4n) is 3.06. The Morgan fingerprint density at radius 3 is 2.50 bits per heavy atom. The molecule has 0 aliphatic carbocycles. The lowest BCUT2D eigenvalue weighted by Crippen LogP contribution is -2.22. The first kappa shape index (κ1) is 19.7. The van der Waals surface area contributed by atoms with Gasteiger partial charge in [0.2, 0.25) is 0 Å². The van der Waals surface area contributed by atoms with E-state index in [1.807, 2.05) is 30.3 Å². The van der Waals surface area contributed by atoms with Crippen molar-refractivity contribution in [1.82, 2.24) is 5.06 Å². The molecule has 0 unspecified atom stereocenters. The van der Waals surface area contributed by atoms with Gasteiger partial charge in [-0.05, 0) is 11.6 Å². The molecule has 0 bridgehead atoms. The van der Waals surface area contributed by atoms with Crippen molar-refractivity contribution in [2.24, 2.45) is 0 Å². The van der Waals surface area contributed by atoms with Crippen LogP contribution in [0.5, 0.6) is 0 Å². The van der Waals surface area contributed by atoms with Gasteiger partial charge in [-0.2, -0.15) is 0 Å². The van der Waals surface area contributed by atoms with Crippen LogP contribution in [-0.2, 0) is 25.2 Å². The summed E-state index contributed by atoms with van der Waals surface area (Å²) in [5.41, 5.74) is 0.784. The average Bonchev–Trinajstić information content (AvgIpc) is 3.03. The largest absolute Gasteiger partial charge is 0.466 e. The van der Waals surface area contributed by atoms with Crippen molar-refractivity contribution in [2.45, 2.75) is 10.9 Å². The van der Waals surface area contributed by atoms with E-state index in [9.17, 15) is 19.1 Å². The molecule has 1 heterocycles. The zero-order valence-corrected chi connectivity index (χ0v) is 16.0. The number of para-hydroxylation sites is 1. The molecule has 0 fully saturated rings. The van der Waals surface area contributed by atoms with E-state index in [0.29, 0.717) is 0 Å². The molecule has 0 amide bonds. The lowest BCUT2D eigenvalue weighted by molar-refractivity contribution is -0.387. The quantitative estimate of drug-likeness (QED) is 0.416. The number of hydrogen-bond acceptors (Lipinski definition) is 7. The van der Waals surface area contributed by atoms with Gasteiger partial charge in [0.05, 0.1) is 28.6 Å². The van der Waals surface area contributed by atoms with Gasteiger partial charge in [0.1, 0.15) is 22.3 Å². The van der Waals surface area contributed by atoms with Gasteiger partial charge >= 0.3 is 5.97 Å². The summed E-state index contributed by atoms with van der Waals surface area (Å²) < 4.78 is 17.8. The second-order valence-corrected chi connectivity index (χ2v) is 7.41. The Morgan fingerprint density at radius 1 is 1.21 bits per heavy atom. The number of benzene rings is 2. The summed E-state index contributed by atoms with van der Waals surface area (Å²) in [5, 5.41) is 12.7. The molecule has 0 N–H and O–H groups in total. The number of nitrogens with zero attached hydrogens (tertiary/aromatic N) is 2. The maximum atomic E-state index is 12.9. The van der Waals surface area contributed by atoms with E-state index in [0.717, 1.165) is 5.56 Å². The van der Waals surface area contributed by atoms with E-state index in [1.165, 1.54) is 30.4 Å². The second-order valence-electron chi connectivity index (χ2n) is 5.99. The number of rotatable bonds is 6. The zero-order valence-electron chi connectivity index (χ0n) is 15.2. The average molecular weight is 402 g/mol. The lowest BCUT2D eigenvalue weighted by atomic mass is 9.98. The first-order valence-electron chi connectivity index (χ1n) is 8.33. The molecule has 0 saturated carbocycles. The Kier molecular flexibility index (Phi) is 5.86. The Balaban J connectivity index is 2.00. The van der Waals surface area contributed by atoms with E-state index in [-0.39, 0.29) is 27.7 Å². The zero-order chi connectivity index (χ0) is 20.3. The molecule has 2 aromatic carbocycles. The highest BCUT2D eigenvalue weighted by molar-refractivity contribution is 7.85. The van der Waals surface area contributed by atoms with E-state index in [4.69, 9.17) is 9.57 Å². The van der Waals surface area contributed by atoms with Gasteiger partial charge in [0.15, 0.2) is 0 Å². The maximum Gasteiger partial charge on any atom is 0.339 e. The molecule has 9 heteroatoms. The third-order valence-electron chi connectivity index (χ3n) is 4.28. The van der Waals surface area contributed by atoms with Crippen molar-refractivity contribution in [2.75, 3.05) is 19.9 Å². The summed E-state index contributed by atoms with van der Waals surface area (Å²) in [6.45, 7) is 0. The summed E-state index contributed by atoms with van der Waals surface area (Å²) in [6, 6.07) is 14.5. The van der Waals surface area contributed by atoms with E-state index < -0.39 is 27.7 Å². The van der Waals surface area contributed by atoms with Crippen molar-refractivity contribution in [3.8, 4) is 0 Å². The van der Waals surface area contributed by atoms with Gasteiger partial charge in [-0.15, -0.1) is 5.06 Å². The highest BCUT2D eigenvalue weighted by atomic mass is 32.2. The fraction of sp³-hybridized carbons (Fsp3) is 0.211. The molecule has 0 aromatic heterocycles. The van der Waals surface area contributed by atoms with Crippen LogP contribution in [0.1, 0.15) is 11.6 Å². The summed E-state index contributed by atoms with van der Waals surface area (Å²) in [4.78, 5) is 28.9. The standard InChI is InChI=1S/C19H18N2O6S/c1-20-18(13-8-4-3-5-9-13)17(19(22)26-2)15(27-20)12-28(25)16-11-7-6-10-14(16)21(23)24/h3-11,18H,12H2,1-2H3/t18-,28+/m0/s1. The number of likely N-dealkylation sites (N-methyl/N-ethyl adjacent to an activating group) is 1. The number of nitro benzene ring substituents is 1. The Morgan fingerprint density at radius 2 is 1.86 bits per heavy atom. The first-order chi connectivity index (χ1) is 13.4. The van der Waals surface area contributed by atoms with Gasteiger partial charge in [-0.3, -0.25) is 14.3 Å². The number of hydroxylamine groups is 2. The molecule has 2 aromatic rings. The van der Waals surface area contributed by atoms with Gasteiger partial charge in [-0.1, -0.05) is 42.5 Å². The summed E-state index contributed by atoms with van der Waals surface area (Å²) in [5.74, 6) is -0.629. The van der Waals surface area contributed by atoms with Crippen molar-refractivity contribution < 1.29 is 23.5 Å². The summed E-state index contributed by atoms with van der Waals surface area (Å²) in [6.07, 6.45) is 0. The van der Waals surface area contributed by atoms with Crippen LogP contribution in [0, 0.1) is 10.1 Å². The Hall–Kier alpha value is -3.04. The van der Waals surface area contributed by atoms with Gasteiger partial charge in [-0.25, -0.2) is 4.79 Å². The monoisotopic (exact) mass is 402 g/mol. The van der Waals surface area contributed by atoms with Gasteiger partial charge in [0.25, 0.3) is 5.69 Å². The predicted octanol–water partition coefficient (Wildman–Crippen LogP) is 2.75. The number of ether oxygens (including phenoxy) is 1. The molecule has 28 heavy (non-hydrogen) atoms. The predicted molar refractivity (Wildman–Crippen MR) is 101 cm³/mol. The smallest absolute Gasteiger partial charge is 0.339 e. The number of nitro groups is 1. The van der Waals surface area contributed by atoms with Gasteiger partial charge in [0, 0.05) is 13.1 Å². The number of methoxy groups -OCH3 is 1. The van der Waals surface area contributed by atoms with Crippen molar-refractivity contribution >= 4 is 22.5 Å². The first-order valence-corrected chi connectivity index (χ1v) is 9.64.